The number of aromatic hydroxyl groups is 1. The second-order valence-corrected chi connectivity index (χ2v) is 4.61. The van der Waals surface area contributed by atoms with Crippen LogP contribution in [0.5, 0.6) is 23.1 Å². The highest BCUT2D eigenvalue weighted by Crippen LogP contribution is 2.37. The molecular weight excluding hydrogens is 272 g/mol. The van der Waals surface area contributed by atoms with Gasteiger partial charge in [-0.2, -0.15) is 0 Å². The summed E-state index contributed by atoms with van der Waals surface area (Å²) in [6, 6.07) is 7.16. The van der Waals surface area contributed by atoms with Crippen LogP contribution >= 0.6 is 0 Å². The van der Waals surface area contributed by atoms with Crippen molar-refractivity contribution in [2.75, 3.05) is 13.9 Å². The van der Waals surface area contributed by atoms with Crippen LogP contribution in [0.1, 0.15) is 11.1 Å². The molecule has 1 aliphatic heterocycles. The summed E-state index contributed by atoms with van der Waals surface area (Å²) in [5.41, 5.74) is 1.71. The highest BCUT2D eigenvalue weighted by molar-refractivity contribution is 5.51. The molecule has 0 bridgehead atoms. The van der Waals surface area contributed by atoms with E-state index in [1.165, 1.54) is 0 Å². The third-order valence-corrected chi connectivity index (χ3v) is 3.25. The molecule has 0 unspecified atom stereocenters. The number of nitrogens with zero attached hydrogens (tertiary/aromatic N) is 1. The lowest BCUT2D eigenvalue weighted by atomic mass is 10.1. The zero-order valence-electron chi connectivity index (χ0n) is 11.6. The first-order chi connectivity index (χ1) is 10.3. The molecule has 1 aromatic heterocycles. The van der Waals surface area contributed by atoms with Gasteiger partial charge in [0.05, 0.1) is 7.11 Å². The van der Waals surface area contributed by atoms with Crippen molar-refractivity contribution in [3.63, 3.8) is 0 Å². The maximum atomic E-state index is 9.96. The number of phenolic OH excluding ortho intramolecular Hbond substituents is 1. The van der Waals surface area contributed by atoms with Crippen molar-refractivity contribution in [1.29, 1.82) is 0 Å². The first-order valence-electron chi connectivity index (χ1n) is 6.58. The molecule has 1 aromatic carbocycles. The molecule has 2 aromatic rings. The number of pyridine rings is 1. The summed E-state index contributed by atoms with van der Waals surface area (Å²) < 4.78 is 15.7. The molecule has 0 saturated carbocycles. The Bertz CT molecular complexity index is 646. The molecule has 0 atom stereocenters. The summed E-state index contributed by atoms with van der Waals surface area (Å²) in [6.07, 6.45) is 1.69. The molecule has 0 fully saturated rings. The smallest absolute Gasteiger partial charge is 0.231 e. The fourth-order valence-electron chi connectivity index (χ4n) is 2.19. The van der Waals surface area contributed by atoms with Crippen molar-refractivity contribution in [3.05, 3.63) is 41.6 Å². The molecular formula is C15H16N2O4. The van der Waals surface area contributed by atoms with E-state index in [1.807, 2.05) is 12.1 Å². The van der Waals surface area contributed by atoms with Gasteiger partial charge in [-0.15, -0.1) is 0 Å². The summed E-state index contributed by atoms with van der Waals surface area (Å²) in [4.78, 5) is 4.14. The number of nitrogens with one attached hydrogen (secondary N) is 1. The van der Waals surface area contributed by atoms with Gasteiger partial charge in [-0.1, -0.05) is 6.07 Å². The van der Waals surface area contributed by atoms with Gasteiger partial charge in [0.25, 0.3) is 0 Å². The molecule has 1 aliphatic rings. The van der Waals surface area contributed by atoms with Gasteiger partial charge in [0.1, 0.15) is 5.75 Å². The minimum Gasteiger partial charge on any atom is -0.507 e. The van der Waals surface area contributed by atoms with E-state index in [2.05, 4.69) is 10.3 Å². The van der Waals surface area contributed by atoms with E-state index in [-0.39, 0.29) is 12.5 Å². The van der Waals surface area contributed by atoms with E-state index in [0.29, 0.717) is 30.5 Å². The lowest BCUT2D eigenvalue weighted by Crippen LogP contribution is -2.13. The molecule has 110 valence electrons. The SMILES string of the molecule is COc1ncccc1CNCc1cc2c(cc1O)OCO2. The number of methoxy groups -OCH3 is 1. The maximum absolute atomic E-state index is 9.96. The number of hydrogen-bond acceptors (Lipinski definition) is 6. The van der Waals surface area contributed by atoms with E-state index in [0.717, 1.165) is 11.1 Å². The van der Waals surface area contributed by atoms with Crippen LogP contribution in [0.25, 0.3) is 0 Å². The highest BCUT2D eigenvalue weighted by Gasteiger charge is 2.16. The predicted octanol–water partition coefficient (Wildman–Crippen LogP) is 1.81. The summed E-state index contributed by atoms with van der Waals surface area (Å²) in [5.74, 6) is 2.01. The third kappa shape index (κ3) is 2.85. The Morgan fingerprint density at radius 2 is 2.00 bits per heavy atom. The topological polar surface area (TPSA) is 72.8 Å². The lowest BCUT2D eigenvalue weighted by Gasteiger charge is -2.10. The van der Waals surface area contributed by atoms with Crippen LogP contribution in [0.15, 0.2) is 30.5 Å². The van der Waals surface area contributed by atoms with Crippen molar-refractivity contribution in [1.82, 2.24) is 10.3 Å². The van der Waals surface area contributed by atoms with Gasteiger partial charge in [-0.05, 0) is 12.1 Å². The van der Waals surface area contributed by atoms with Gasteiger partial charge in [0.15, 0.2) is 11.5 Å². The number of ether oxygens (including phenoxy) is 3. The zero-order valence-corrected chi connectivity index (χ0v) is 11.6. The Morgan fingerprint density at radius 3 is 2.81 bits per heavy atom. The molecule has 0 amide bonds. The Labute approximate surface area is 122 Å². The summed E-state index contributed by atoms with van der Waals surface area (Å²) in [6.45, 7) is 1.28. The van der Waals surface area contributed by atoms with Crippen molar-refractivity contribution < 1.29 is 19.3 Å². The van der Waals surface area contributed by atoms with E-state index < -0.39 is 0 Å². The predicted molar refractivity (Wildman–Crippen MR) is 75.6 cm³/mol. The van der Waals surface area contributed by atoms with Crippen LogP contribution in [0.2, 0.25) is 0 Å². The Kier molecular flexibility index (Phi) is 3.79. The number of rotatable bonds is 5. The first kappa shape index (κ1) is 13.5. The zero-order chi connectivity index (χ0) is 14.7. The number of hydrogen-bond donors (Lipinski definition) is 2. The number of benzene rings is 1. The van der Waals surface area contributed by atoms with E-state index >= 15 is 0 Å². The van der Waals surface area contributed by atoms with Crippen LogP contribution in [-0.4, -0.2) is 24.0 Å². The van der Waals surface area contributed by atoms with Crippen LogP contribution in [0.4, 0.5) is 0 Å². The fraction of sp³-hybridized carbons (Fsp3) is 0.267. The van der Waals surface area contributed by atoms with Crippen LogP contribution in [0, 0.1) is 0 Å². The van der Waals surface area contributed by atoms with Gasteiger partial charge in [-0.3, -0.25) is 0 Å². The molecule has 0 radical (unpaired) electrons. The van der Waals surface area contributed by atoms with Crippen molar-refractivity contribution in [3.8, 4) is 23.1 Å². The lowest BCUT2D eigenvalue weighted by molar-refractivity contribution is 0.174. The monoisotopic (exact) mass is 288 g/mol. The summed E-state index contributed by atoms with van der Waals surface area (Å²) in [7, 11) is 1.59. The minimum absolute atomic E-state index is 0.185. The molecule has 0 aliphatic carbocycles. The Balaban J connectivity index is 1.66. The average Bonchev–Trinajstić information content (AvgIpc) is 2.95. The van der Waals surface area contributed by atoms with Crippen molar-refractivity contribution in [2.45, 2.75) is 13.1 Å². The van der Waals surface area contributed by atoms with Crippen molar-refractivity contribution >= 4 is 0 Å². The maximum Gasteiger partial charge on any atom is 0.231 e. The standard InChI is InChI=1S/C15H16N2O4/c1-19-15-10(3-2-4-17-15)7-16-8-11-5-13-14(6-12(11)18)21-9-20-13/h2-6,16,18H,7-9H2,1H3. The molecule has 2 N–H and O–H groups in total. The van der Waals surface area contributed by atoms with Crippen LogP contribution in [0.3, 0.4) is 0 Å². The van der Waals surface area contributed by atoms with Gasteiger partial charge < -0.3 is 24.6 Å². The van der Waals surface area contributed by atoms with E-state index in [9.17, 15) is 5.11 Å². The second kappa shape index (κ2) is 5.88. The second-order valence-electron chi connectivity index (χ2n) is 4.61. The summed E-state index contributed by atoms with van der Waals surface area (Å²) >= 11 is 0. The molecule has 0 spiro atoms. The van der Waals surface area contributed by atoms with Crippen LogP contribution in [-0.2, 0) is 13.1 Å². The molecule has 2 heterocycles. The van der Waals surface area contributed by atoms with E-state index in [4.69, 9.17) is 14.2 Å². The molecule has 3 rings (SSSR count). The normalized spacial score (nSPS) is 12.4. The van der Waals surface area contributed by atoms with Gasteiger partial charge >= 0.3 is 0 Å². The Morgan fingerprint density at radius 1 is 1.24 bits per heavy atom. The van der Waals surface area contributed by atoms with Crippen molar-refractivity contribution in [2.24, 2.45) is 0 Å². The largest absolute Gasteiger partial charge is 0.507 e. The van der Waals surface area contributed by atoms with Crippen LogP contribution < -0.4 is 19.5 Å². The fourth-order valence-corrected chi connectivity index (χ4v) is 2.19. The molecule has 0 saturated heterocycles. The average molecular weight is 288 g/mol. The number of phenols is 1. The van der Waals surface area contributed by atoms with Gasteiger partial charge in [-0.25, -0.2) is 4.98 Å². The Hall–Kier alpha value is -2.47. The summed E-state index contributed by atoms with van der Waals surface area (Å²) in [5, 5.41) is 13.2. The van der Waals surface area contributed by atoms with Gasteiger partial charge in [0, 0.05) is 36.5 Å². The quantitative estimate of drug-likeness (QED) is 0.874. The minimum atomic E-state index is 0.185. The first-order valence-corrected chi connectivity index (χ1v) is 6.58. The number of fused-ring (bicyclic) bond motifs is 1. The number of aromatic nitrogens is 1. The highest BCUT2D eigenvalue weighted by atomic mass is 16.7. The van der Waals surface area contributed by atoms with E-state index in [1.54, 1.807) is 25.4 Å². The third-order valence-electron chi connectivity index (χ3n) is 3.25. The molecule has 6 heteroatoms. The van der Waals surface area contributed by atoms with Gasteiger partial charge in [0.2, 0.25) is 12.7 Å². The molecule has 6 nitrogen and oxygen atoms in total. The molecule has 21 heavy (non-hydrogen) atoms.